The van der Waals surface area contributed by atoms with Crippen LogP contribution < -0.4 is 11.0 Å². The van der Waals surface area contributed by atoms with Gasteiger partial charge in [0.2, 0.25) is 5.91 Å². The number of carbonyl (C=O) groups excluding carboxylic acids is 1. The van der Waals surface area contributed by atoms with E-state index in [4.69, 9.17) is 0 Å². The van der Waals surface area contributed by atoms with Crippen molar-refractivity contribution in [3.63, 3.8) is 0 Å². The highest BCUT2D eigenvalue weighted by Crippen LogP contribution is 2.21. The van der Waals surface area contributed by atoms with Gasteiger partial charge in [0.15, 0.2) is 5.82 Å². The largest absolute Gasteiger partial charge is 0.326 e. The van der Waals surface area contributed by atoms with E-state index in [-0.39, 0.29) is 24.2 Å². The number of imidazole rings is 1. The standard InChI is InChI=1S/C21H21N5O2/c1-14-12-26(15(2)16-8-4-3-5-9-16)24-20(14)23-19(27)13-25-18-11-7-6-10-17(18)22-21(25)28/h3-12,15H,13H2,1-2H3,(H,22,28)(H,23,24,27)/t15-/m0/s1. The number of hydrogen-bond donors (Lipinski definition) is 2. The molecular weight excluding hydrogens is 354 g/mol. The minimum Gasteiger partial charge on any atom is -0.307 e. The molecule has 7 nitrogen and oxygen atoms in total. The second-order valence-electron chi connectivity index (χ2n) is 6.81. The molecule has 0 aliphatic heterocycles. The van der Waals surface area contributed by atoms with Crippen LogP contribution in [0.4, 0.5) is 5.82 Å². The number of para-hydroxylation sites is 2. The number of fused-ring (bicyclic) bond motifs is 1. The number of H-pyrrole nitrogens is 1. The quantitative estimate of drug-likeness (QED) is 0.562. The van der Waals surface area contributed by atoms with E-state index in [1.165, 1.54) is 4.57 Å². The zero-order valence-electron chi connectivity index (χ0n) is 15.7. The highest BCUT2D eigenvalue weighted by atomic mass is 16.2. The number of carbonyl (C=O) groups is 1. The molecule has 142 valence electrons. The molecule has 1 atom stereocenters. The third-order valence-electron chi connectivity index (χ3n) is 4.83. The van der Waals surface area contributed by atoms with Crippen molar-refractivity contribution >= 4 is 22.8 Å². The Bertz CT molecular complexity index is 1190. The summed E-state index contributed by atoms with van der Waals surface area (Å²) in [5, 5.41) is 7.35. The second kappa shape index (κ2) is 7.19. The lowest BCUT2D eigenvalue weighted by Crippen LogP contribution is -2.26. The van der Waals surface area contributed by atoms with E-state index in [9.17, 15) is 9.59 Å². The maximum atomic E-state index is 12.5. The van der Waals surface area contributed by atoms with Gasteiger partial charge in [-0.05, 0) is 31.5 Å². The van der Waals surface area contributed by atoms with Gasteiger partial charge in [-0.2, -0.15) is 5.10 Å². The Morgan fingerprint density at radius 3 is 2.64 bits per heavy atom. The smallest absolute Gasteiger partial charge is 0.307 e. The number of anilines is 1. The van der Waals surface area contributed by atoms with Crippen molar-refractivity contribution in [2.24, 2.45) is 0 Å². The lowest BCUT2D eigenvalue weighted by molar-refractivity contribution is -0.116. The maximum Gasteiger partial charge on any atom is 0.326 e. The summed E-state index contributed by atoms with van der Waals surface area (Å²) in [5.41, 5.74) is 3.09. The topological polar surface area (TPSA) is 84.7 Å². The summed E-state index contributed by atoms with van der Waals surface area (Å²) < 4.78 is 3.25. The monoisotopic (exact) mass is 375 g/mol. The van der Waals surface area contributed by atoms with Crippen LogP contribution in [0.25, 0.3) is 11.0 Å². The molecule has 4 rings (SSSR count). The molecule has 0 bridgehead atoms. The molecule has 0 spiro atoms. The molecule has 1 amide bonds. The molecule has 0 saturated heterocycles. The Hall–Kier alpha value is -3.61. The van der Waals surface area contributed by atoms with Crippen molar-refractivity contribution in [3.8, 4) is 0 Å². The highest BCUT2D eigenvalue weighted by molar-refractivity contribution is 5.91. The summed E-state index contributed by atoms with van der Waals surface area (Å²) >= 11 is 0. The number of nitrogens with zero attached hydrogens (tertiary/aromatic N) is 3. The van der Waals surface area contributed by atoms with Crippen LogP contribution in [-0.2, 0) is 11.3 Å². The molecule has 2 heterocycles. The van der Waals surface area contributed by atoms with E-state index < -0.39 is 0 Å². The van der Waals surface area contributed by atoms with Crippen LogP contribution in [0.1, 0.15) is 24.1 Å². The molecule has 2 N–H and O–H groups in total. The summed E-state index contributed by atoms with van der Waals surface area (Å²) in [6.45, 7) is 3.87. The Kier molecular flexibility index (Phi) is 4.57. The van der Waals surface area contributed by atoms with Crippen LogP contribution in [-0.4, -0.2) is 25.2 Å². The first-order valence-corrected chi connectivity index (χ1v) is 9.11. The van der Waals surface area contributed by atoms with E-state index in [0.29, 0.717) is 16.9 Å². The third kappa shape index (κ3) is 3.34. The van der Waals surface area contributed by atoms with Crippen molar-refractivity contribution in [3.05, 3.63) is 82.4 Å². The van der Waals surface area contributed by atoms with Gasteiger partial charge >= 0.3 is 5.69 Å². The van der Waals surface area contributed by atoms with Crippen molar-refractivity contribution in [1.29, 1.82) is 0 Å². The molecule has 0 aliphatic carbocycles. The second-order valence-corrected chi connectivity index (χ2v) is 6.81. The van der Waals surface area contributed by atoms with Crippen molar-refractivity contribution in [2.45, 2.75) is 26.4 Å². The zero-order valence-corrected chi connectivity index (χ0v) is 15.7. The van der Waals surface area contributed by atoms with Gasteiger partial charge in [-0.3, -0.25) is 14.0 Å². The fourth-order valence-corrected chi connectivity index (χ4v) is 3.27. The normalized spacial score (nSPS) is 12.2. The molecular formula is C21H21N5O2. The first kappa shape index (κ1) is 17.8. The van der Waals surface area contributed by atoms with Gasteiger partial charge in [-0.1, -0.05) is 42.5 Å². The van der Waals surface area contributed by atoms with Crippen LogP contribution >= 0.6 is 0 Å². The van der Waals surface area contributed by atoms with E-state index in [2.05, 4.69) is 22.3 Å². The average molecular weight is 375 g/mol. The van der Waals surface area contributed by atoms with Gasteiger partial charge in [-0.15, -0.1) is 0 Å². The minimum atomic E-state index is -0.309. The Morgan fingerprint density at radius 1 is 1.14 bits per heavy atom. The van der Waals surface area contributed by atoms with Crippen molar-refractivity contribution in [2.75, 3.05) is 5.32 Å². The molecule has 4 aromatic rings. The van der Waals surface area contributed by atoms with E-state index >= 15 is 0 Å². The van der Waals surface area contributed by atoms with Gasteiger partial charge in [0.05, 0.1) is 17.1 Å². The number of rotatable bonds is 5. The van der Waals surface area contributed by atoms with E-state index in [1.54, 1.807) is 0 Å². The predicted molar refractivity (Wildman–Crippen MR) is 108 cm³/mol. The summed E-state index contributed by atoms with van der Waals surface area (Å²) in [6, 6.07) is 17.4. The molecule has 0 radical (unpaired) electrons. The van der Waals surface area contributed by atoms with Gasteiger partial charge in [0.1, 0.15) is 6.54 Å². The van der Waals surface area contributed by atoms with Crippen LogP contribution in [0.2, 0.25) is 0 Å². The molecule has 7 heteroatoms. The lowest BCUT2D eigenvalue weighted by Gasteiger charge is -2.12. The molecule has 0 saturated carbocycles. The molecule has 0 fully saturated rings. The number of benzene rings is 2. The fraction of sp³-hybridized carbons (Fsp3) is 0.190. The Labute approximate surface area is 161 Å². The van der Waals surface area contributed by atoms with Crippen molar-refractivity contribution < 1.29 is 4.79 Å². The predicted octanol–water partition coefficient (Wildman–Crippen LogP) is 3.08. The number of nitrogens with one attached hydrogen (secondary N) is 2. The summed E-state index contributed by atoms with van der Waals surface area (Å²) in [7, 11) is 0. The van der Waals surface area contributed by atoms with Gasteiger partial charge in [0.25, 0.3) is 0 Å². The van der Waals surface area contributed by atoms with Crippen LogP contribution in [0, 0.1) is 6.92 Å². The fourth-order valence-electron chi connectivity index (χ4n) is 3.27. The number of aryl methyl sites for hydroxylation is 1. The van der Waals surface area contributed by atoms with Gasteiger partial charge in [0, 0.05) is 11.8 Å². The average Bonchev–Trinajstić information content (AvgIpc) is 3.22. The minimum absolute atomic E-state index is 0.0433. The Morgan fingerprint density at radius 2 is 1.86 bits per heavy atom. The highest BCUT2D eigenvalue weighted by Gasteiger charge is 2.15. The lowest BCUT2D eigenvalue weighted by atomic mass is 10.1. The van der Waals surface area contributed by atoms with Crippen molar-refractivity contribution in [1.82, 2.24) is 19.3 Å². The summed E-state index contributed by atoms with van der Waals surface area (Å²) in [5.74, 6) is 0.202. The van der Waals surface area contributed by atoms with Crippen LogP contribution in [0.5, 0.6) is 0 Å². The third-order valence-corrected chi connectivity index (χ3v) is 4.83. The maximum absolute atomic E-state index is 12.5. The first-order chi connectivity index (χ1) is 13.5. The molecule has 2 aromatic carbocycles. The summed E-state index contributed by atoms with van der Waals surface area (Å²) in [6.07, 6.45) is 1.91. The number of amides is 1. The SMILES string of the molecule is Cc1cn([C@@H](C)c2ccccc2)nc1NC(=O)Cn1c(=O)[nH]c2ccccc21. The molecule has 0 aliphatic rings. The van der Waals surface area contributed by atoms with Gasteiger partial charge < -0.3 is 10.3 Å². The van der Waals surface area contributed by atoms with E-state index in [1.807, 2.05) is 72.4 Å². The van der Waals surface area contributed by atoms with E-state index in [0.717, 1.165) is 11.1 Å². The van der Waals surface area contributed by atoms with Gasteiger partial charge in [-0.25, -0.2) is 4.79 Å². The Balaban J connectivity index is 1.53. The molecule has 2 aromatic heterocycles. The summed E-state index contributed by atoms with van der Waals surface area (Å²) in [4.78, 5) is 27.4. The van der Waals surface area contributed by atoms with Crippen LogP contribution in [0.3, 0.4) is 0 Å². The number of aromatic nitrogens is 4. The zero-order chi connectivity index (χ0) is 19.7. The number of hydrogen-bond acceptors (Lipinski definition) is 3. The first-order valence-electron chi connectivity index (χ1n) is 9.11. The number of aromatic amines is 1. The molecule has 0 unspecified atom stereocenters. The van der Waals surface area contributed by atoms with Crippen LogP contribution in [0.15, 0.2) is 65.6 Å². The molecule has 28 heavy (non-hydrogen) atoms.